The van der Waals surface area contributed by atoms with Crippen molar-refractivity contribution < 1.29 is 18.7 Å². The monoisotopic (exact) mass is 511 g/mol. The first-order chi connectivity index (χ1) is 17.5. The molecule has 36 heavy (non-hydrogen) atoms. The highest BCUT2D eigenvalue weighted by Crippen LogP contribution is 2.36. The zero-order chi connectivity index (χ0) is 24.9. The molecule has 1 saturated carbocycles. The molecule has 0 radical (unpaired) electrons. The number of morpholine rings is 1. The Morgan fingerprint density at radius 3 is 2.81 bits per heavy atom. The van der Waals surface area contributed by atoms with Crippen molar-refractivity contribution in [2.24, 2.45) is 0 Å². The lowest BCUT2D eigenvalue weighted by Gasteiger charge is -2.27. The summed E-state index contributed by atoms with van der Waals surface area (Å²) in [5, 5.41) is 6.80. The molecule has 2 aliphatic rings. The molecule has 0 unspecified atom stereocenters. The van der Waals surface area contributed by atoms with Gasteiger partial charge in [-0.05, 0) is 43.5 Å². The minimum absolute atomic E-state index is 0.00589. The van der Waals surface area contributed by atoms with Gasteiger partial charge in [0.25, 0.3) is 0 Å². The fourth-order valence-electron chi connectivity index (χ4n) is 4.02. The molecule has 2 fully saturated rings. The van der Waals surface area contributed by atoms with E-state index in [-0.39, 0.29) is 17.0 Å². The molecule has 0 spiro atoms. The summed E-state index contributed by atoms with van der Waals surface area (Å²) in [5.41, 5.74) is 1.76. The first-order valence-electron chi connectivity index (χ1n) is 12.0. The molecule has 3 aromatic rings. The van der Waals surface area contributed by atoms with Crippen LogP contribution in [0.25, 0.3) is 10.9 Å². The van der Waals surface area contributed by atoms with Crippen molar-refractivity contribution in [3.63, 3.8) is 0 Å². The number of halogens is 2. The number of ether oxygens (including phenoxy) is 2. The number of amides is 1. The van der Waals surface area contributed by atoms with Crippen molar-refractivity contribution in [2.45, 2.75) is 25.4 Å². The van der Waals surface area contributed by atoms with Crippen molar-refractivity contribution in [3.05, 3.63) is 59.7 Å². The fraction of sp³-hybridized carbons (Fsp3) is 0.346. The first kappa shape index (κ1) is 24.4. The molecule has 1 aromatic heterocycles. The molecule has 2 aromatic carbocycles. The maximum Gasteiger partial charge on any atom is 0.248 e. The lowest BCUT2D eigenvalue weighted by Crippen LogP contribution is -2.36. The van der Waals surface area contributed by atoms with Crippen LogP contribution in [-0.4, -0.2) is 59.7 Å². The number of fused-ring (bicyclic) bond motifs is 1. The quantitative estimate of drug-likeness (QED) is 0.415. The van der Waals surface area contributed by atoms with Crippen molar-refractivity contribution in [3.8, 4) is 5.75 Å². The molecule has 0 bridgehead atoms. The molecule has 1 saturated heterocycles. The summed E-state index contributed by atoms with van der Waals surface area (Å²) in [6, 6.07) is 7.95. The van der Waals surface area contributed by atoms with Crippen molar-refractivity contribution in [1.82, 2.24) is 14.9 Å². The van der Waals surface area contributed by atoms with Gasteiger partial charge in [0.05, 0.1) is 35.5 Å². The summed E-state index contributed by atoms with van der Waals surface area (Å²) in [7, 11) is 0. The molecular weight excluding hydrogens is 485 g/mol. The standard InChI is InChI=1S/C26H27ClFN5O3/c27-20-13-17(6-7-21(20)28)31-26-19-14-23(32-25(34)5-2-8-33-9-11-35-12-10-33)24(36-18-3-1-4-18)15-22(19)29-16-30-26/h2,5-7,13-16,18H,1,3-4,8-12H2,(H,32,34)(H,29,30,31). The van der Waals surface area contributed by atoms with E-state index in [0.29, 0.717) is 53.6 Å². The Morgan fingerprint density at radius 2 is 2.06 bits per heavy atom. The minimum Gasteiger partial charge on any atom is -0.488 e. The Bertz CT molecular complexity index is 1280. The van der Waals surface area contributed by atoms with Crippen molar-refractivity contribution in [2.75, 3.05) is 43.5 Å². The molecule has 5 rings (SSSR count). The van der Waals surface area contributed by atoms with Gasteiger partial charge in [0.1, 0.15) is 23.7 Å². The largest absolute Gasteiger partial charge is 0.488 e. The summed E-state index contributed by atoms with van der Waals surface area (Å²) < 4.78 is 25.1. The highest BCUT2D eigenvalue weighted by molar-refractivity contribution is 6.31. The summed E-state index contributed by atoms with van der Waals surface area (Å²) in [6.45, 7) is 3.81. The van der Waals surface area contributed by atoms with Gasteiger partial charge in [-0.15, -0.1) is 0 Å². The van der Waals surface area contributed by atoms with Crippen LogP contribution in [0.1, 0.15) is 19.3 Å². The van der Waals surface area contributed by atoms with Crippen LogP contribution >= 0.6 is 11.6 Å². The minimum atomic E-state index is -0.501. The number of benzene rings is 2. The summed E-state index contributed by atoms with van der Waals surface area (Å²) in [5.74, 6) is 0.310. The fourth-order valence-corrected chi connectivity index (χ4v) is 4.21. The third-order valence-corrected chi connectivity index (χ3v) is 6.55. The second kappa shape index (κ2) is 11.2. The van der Waals surface area contributed by atoms with Crippen LogP contribution in [0.2, 0.25) is 5.02 Å². The molecule has 188 valence electrons. The van der Waals surface area contributed by atoms with Crippen LogP contribution in [0.5, 0.6) is 5.75 Å². The molecule has 1 aliphatic carbocycles. The highest BCUT2D eigenvalue weighted by Gasteiger charge is 2.22. The lowest BCUT2D eigenvalue weighted by atomic mass is 9.96. The van der Waals surface area contributed by atoms with E-state index in [4.69, 9.17) is 21.1 Å². The normalized spacial score (nSPS) is 16.7. The van der Waals surface area contributed by atoms with Crippen LogP contribution in [-0.2, 0) is 9.53 Å². The van der Waals surface area contributed by atoms with Crippen LogP contribution in [0.4, 0.5) is 21.6 Å². The number of carbonyl (C=O) groups excluding carboxylic acids is 1. The van der Waals surface area contributed by atoms with E-state index in [0.717, 1.165) is 32.4 Å². The maximum absolute atomic E-state index is 13.6. The second-order valence-electron chi connectivity index (χ2n) is 8.82. The van der Waals surface area contributed by atoms with E-state index in [1.807, 2.05) is 12.1 Å². The second-order valence-corrected chi connectivity index (χ2v) is 9.22. The number of nitrogens with one attached hydrogen (secondary N) is 2. The van der Waals surface area contributed by atoms with E-state index in [1.165, 1.54) is 24.5 Å². The van der Waals surface area contributed by atoms with Crippen molar-refractivity contribution in [1.29, 1.82) is 0 Å². The first-order valence-corrected chi connectivity index (χ1v) is 12.4. The predicted molar refractivity (Wildman–Crippen MR) is 138 cm³/mol. The van der Waals surface area contributed by atoms with Gasteiger partial charge in [0.2, 0.25) is 5.91 Å². The number of carbonyl (C=O) groups is 1. The van der Waals surface area contributed by atoms with Gasteiger partial charge >= 0.3 is 0 Å². The number of nitrogens with zero attached hydrogens (tertiary/aromatic N) is 3. The van der Waals surface area contributed by atoms with Crippen LogP contribution < -0.4 is 15.4 Å². The van der Waals surface area contributed by atoms with Gasteiger partial charge in [0.15, 0.2) is 0 Å². The van der Waals surface area contributed by atoms with Gasteiger partial charge in [0, 0.05) is 42.9 Å². The van der Waals surface area contributed by atoms with Gasteiger partial charge in [-0.3, -0.25) is 9.69 Å². The van der Waals surface area contributed by atoms with E-state index in [1.54, 1.807) is 12.1 Å². The zero-order valence-electron chi connectivity index (χ0n) is 19.7. The van der Waals surface area contributed by atoms with E-state index in [2.05, 4.69) is 25.5 Å². The average Bonchev–Trinajstić information content (AvgIpc) is 2.85. The van der Waals surface area contributed by atoms with E-state index in [9.17, 15) is 9.18 Å². The molecule has 1 aliphatic heterocycles. The number of hydrogen-bond donors (Lipinski definition) is 2. The number of anilines is 3. The van der Waals surface area contributed by atoms with Crippen LogP contribution in [0.15, 0.2) is 48.8 Å². The lowest BCUT2D eigenvalue weighted by molar-refractivity contribution is -0.111. The third-order valence-electron chi connectivity index (χ3n) is 6.26. The Kier molecular flexibility index (Phi) is 7.60. The Hall–Kier alpha value is -3.27. The molecule has 10 heteroatoms. The van der Waals surface area contributed by atoms with E-state index >= 15 is 0 Å². The Labute approximate surface area is 213 Å². The molecule has 0 atom stereocenters. The van der Waals surface area contributed by atoms with Gasteiger partial charge in [-0.1, -0.05) is 17.7 Å². The summed E-state index contributed by atoms with van der Waals surface area (Å²) >= 11 is 5.93. The third kappa shape index (κ3) is 5.92. The number of aromatic nitrogens is 2. The van der Waals surface area contributed by atoms with Gasteiger partial charge in [-0.25, -0.2) is 14.4 Å². The molecule has 2 N–H and O–H groups in total. The number of rotatable bonds is 8. The maximum atomic E-state index is 13.6. The smallest absolute Gasteiger partial charge is 0.248 e. The van der Waals surface area contributed by atoms with E-state index < -0.39 is 5.82 Å². The van der Waals surface area contributed by atoms with Crippen LogP contribution in [0.3, 0.4) is 0 Å². The molecule has 8 nitrogen and oxygen atoms in total. The predicted octanol–water partition coefficient (Wildman–Crippen LogP) is 4.92. The molecule has 2 heterocycles. The van der Waals surface area contributed by atoms with Gasteiger partial charge in [-0.2, -0.15) is 0 Å². The summed E-state index contributed by atoms with van der Waals surface area (Å²) in [6.07, 6.45) is 8.03. The van der Waals surface area contributed by atoms with Crippen LogP contribution in [0, 0.1) is 5.82 Å². The topological polar surface area (TPSA) is 88.6 Å². The average molecular weight is 512 g/mol. The molecule has 1 amide bonds. The zero-order valence-corrected chi connectivity index (χ0v) is 20.4. The number of hydrogen-bond acceptors (Lipinski definition) is 7. The van der Waals surface area contributed by atoms with Crippen molar-refractivity contribution >= 4 is 45.6 Å². The Balaban J connectivity index is 1.39. The summed E-state index contributed by atoms with van der Waals surface area (Å²) in [4.78, 5) is 23.7. The SMILES string of the molecule is O=C(C=CCN1CCOCC1)Nc1cc2c(Nc3ccc(F)c(Cl)c3)ncnc2cc1OC1CCC1. The highest BCUT2D eigenvalue weighted by atomic mass is 35.5. The van der Waals surface area contributed by atoms with Gasteiger partial charge < -0.3 is 20.1 Å². The molecular formula is C26H27ClFN5O3. The Morgan fingerprint density at radius 1 is 1.22 bits per heavy atom.